The number of quaternary nitrogens is 1. The third-order valence-electron chi connectivity index (χ3n) is 4.09. The number of benzene rings is 2. The van der Waals surface area contributed by atoms with Crippen molar-refractivity contribution in [3.05, 3.63) is 65.7 Å². The summed E-state index contributed by atoms with van der Waals surface area (Å²) in [6.45, 7) is 2.20. The summed E-state index contributed by atoms with van der Waals surface area (Å²) >= 11 is 0. The molecular formula is C20H26N3O2+. The van der Waals surface area contributed by atoms with Crippen LogP contribution >= 0.6 is 0 Å². The Morgan fingerprint density at radius 1 is 1.04 bits per heavy atom. The maximum atomic E-state index is 12.6. The van der Waals surface area contributed by atoms with Gasteiger partial charge >= 0.3 is 0 Å². The molecule has 5 nitrogen and oxygen atoms in total. The average molecular weight is 340 g/mol. The van der Waals surface area contributed by atoms with Crippen molar-refractivity contribution in [2.45, 2.75) is 13.0 Å². The number of nitrogens with zero attached hydrogens (tertiary/aromatic N) is 1. The number of rotatable bonds is 6. The monoisotopic (exact) mass is 340 g/mol. The maximum Gasteiger partial charge on any atom is 0.285 e. The number of anilines is 1. The van der Waals surface area contributed by atoms with E-state index in [1.54, 1.807) is 19.0 Å². The molecule has 2 amide bonds. The molecule has 0 aliphatic heterocycles. The van der Waals surface area contributed by atoms with Gasteiger partial charge in [-0.15, -0.1) is 0 Å². The van der Waals surface area contributed by atoms with Crippen LogP contribution in [-0.4, -0.2) is 44.4 Å². The highest BCUT2D eigenvalue weighted by Crippen LogP contribution is 2.12. The summed E-state index contributed by atoms with van der Waals surface area (Å²) in [5, 5.41) is 2.89. The first-order chi connectivity index (χ1) is 11.9. The fraction of sp³-hybridized carbons (Fsp3) is 0.300. The van der Waals surface area contributed by atoms with Gasteiger partial charge in [-0.3, -0.25) is 9.59 Å². The second kappa shape index (κ2) is 8.44. The van der Waals surface area contributed by atoms with Crippen LogP contribution in [0.25, 0.3) is 0 Å². The van der Waals surface area contributed by atoms with Crippen LogP contribution in [0.1, 0.15) is 17.2 Å². The van der Waals surface area contributed by atoms with Crippen LogP contribution in [0.5, 0.6) is 0 Å². The predicted molar refractivity (Wildman–Crippen MR) is 99.4 cm³/mol. The van der Waals surface area contributed by atoms with E-state index >= 15 is 0 Å². The number of aryl methyl sites for hydroxylation is 1. The lowest BCUT2D eigenvalue weighted by molar-refractivity contribution is -0.894. The van der Waals surface area contributed by atoms with E-state index in [0.717, 1.165) is 21.7 Å². The number of hydrogen-bond acceptors (Lipinski definition) is 2. The van der Waals surface area contributed by atoms with E-state index in [0.29, 0.717) is 0 Å². The molecule has 0 saturated heterocycles. The smallest absolute Gasteiger partial charge is 0.285 e. The van der Waals surface area contributed by atoms with Crippen molar-refractivity contribution in [3.8, 4) is 0 Å². The van der Waals surface area contributed by atoms with Gasteiger partial charge in [0.1, 0.15) is 0 Å². The molecule has 0 aromatic heterocycles. The Balaban J connectivity index is 2.10. The molecule has 0 bridgehead atoms. The highest BCUT2D eigenvalue weighted by atomic mass is 16.2. The van der Waals surface area contributed by atoms with Crippen LogP contribution < -0.4 is 10.2 Å². The van der Waals surface area contributed by atoms with E-state index < -0.39 is 6.04 Å². The number of hydrogen-bond donors (Lipinski definition) is 2. The lowest BCUT2D eigenvalue weighted by Gasteiger charge is -2.26. The molecule has 132 valence electrons. The van der Waals surface area contributed by atoms with Crippen LogP contribution in [0, 0.1) is 6.92 Å². The molecule has 25 heavy (non-hydrogen) atoms. The Morgan fingerprint density at radius 3 is 2.20 bits per heavy atom. The summed E-state index contributed by atoms with van der Waals surface area (Å²) in [4.78, 5) is 27.4. The largest absolute Gasteiger partial charge is 0.343 e. The fourth-order valence-corrected chi connectivity index (χ4v) is 2.74. The first-order valence-electron chi connectivity index (χ1n) is 8.33. The molecule has 1 unspecified atom stereocenters. The van der Waals surface area contributed by atoms with Crippen LogP contribution in [0.4, 0.5) is 5.69 Å². The molecular weight excluding hydrogens is 314 g/mol. The van der Waals surface area contributed by atoms with Crippen LogP contribution in [0.3, 0.4) is 0 Å². The number of carbonyl (C=O) groups excluding carboxylic acids is 2. The van der Waals surface area contributed by atoms with Gasteiger partial charge in [0.15, 0.2) is 12.6 Å². The molecule has 2 aromatic carbocycles. The van der Waals surface area contributed by atoms with Gasteiger partial charge in [0, 0.05) is 25.3 Å². The fourth-order valence-electron chi connectivity index (χ4n) is 2.74. The van der Waals surface area contributed by atoms with Crippen LogP contribution in [-0.2, 0) is 9.59 Å². The van der Waals surface area contributed by atoms with Crippen molar-refractivity contribution in [1.82, 2.24) is 4.90 Å². The first-order valence-corrected chi connectivity index (χ1v) is 8.33. The molecule has 0 aliphatic carbocycles. The van der Waals surface area contributed by atoms with Crippen LogP contribution in [0.15, 0.2) is 54.6 Å². The van der Waals surface area contributed by atoms with Crippen molar-refractivity contribution in [3.63, 3.8) is 0 Å². The standard InChI is InChI=1S/C20H25N3O2/c1-15-10-12-17(13-11-15)21-18(24)14-23(4)19(20(25)22(2)3)16-8-6-5-7-9-16/h5-13,19H,14H2,1-4H3,(H,21,24)/p+1/t19-/m1/s1. The minimum atomic E-state index is -0.417. The van der Waals surface area contributed by atoms with Crippen molar-refractivity contribution in [1.29, 1.82) is 0 Å². The second-order valence-corrected chi connectivity index (χ2v) is 6.51. The van der Waals surface area contributed by atoms with Gasteiger partial charge in [0.25, 0.3) is 11.8 Å². The summed E-state index contributed by atoms with van der Waals surface area (Å²) in [6.07, 6.45) is 0. The van der Waals surface area contributed by atoms with Gasteiger partial charge in [-0.2, -0.15) is 0 Å². The number of nitrogens with one attached hydrogen (secondary N) is 2. The summed E-state index contributed by atoms with van der Waals surface area (Å²) in [6, 6.07) is 16.8. The van der Waals surface area contributed by atoms with E-state index in [2.05, 4.69) is 5.32 Å². The minimum absolute atomic E-state index is 0.0214. The third kappa shape index (κ3) is 5.16. The normalized spacial score (nSPS) is 13.0. The van der Waals surface area contributed by atoms with E-state index in [1.807, 2.05) is 68.6 Å². The summed E-state index contributed by atoms with van der Waals surface area (Å²) in [5.74, 6) is -0.138. The van der Waals surface area contributed by atoms with Crippen molar-refractivity contribution in [2.24, 2.45) is 0 Å². The third-order valence-corrected chi connectivity index (χ3v) is 4.09. The molecule has 0 radical (unpaired) electrons. The van der Waals surface area contributed by atoms with Crippen molar-refractivity contribution >= 4 is 17.5 Å². The lowest BCUT2D eigenvalue weighted by Crippen LogP contribution is -3.11. The topological polar surface area (TPSA) is 53.9 Å². The van der Waals surface area contributed by atoms with Gasteiger partial charge in [0.05, 0.1) is 7.05 Å². The summed E-state index contributed by atoms with van der Waals surface area (Å²) in [5.41, 5.74) is 2.81. The second-order valence-electron chi connectivity index (χ2n) is 6.51. The Morgan fingerprint density at radius 2 is 1.64 bits per heavy atom. The van der Waals surface area contributed by atoms with Gasteiger partial charge in [-0.25, -0.2) is 0 Å². The van der Waals surface area contributed by atoms with E-state index in [1.165, 1.54) is 0 Å². The number of likely N-dealkylation sites (N-methyl/N-ethyl adjacent to an activating group) is 2. The highest BCUT2D eigenvalue weighted by molar-refractivity contribution is 5.91. The Bertz CT molecular complexity index is 711. The molecule has 0 spiro atoms. The molecule has 2 rings (SSSR count). The Kier molecular flexibility index (Phi) is 6.31. The molecule has 0 aliphatic rings. The zero-order chi connectivity index (χ0) is 18.4. The van der Waals surface area contributed by atoms with Crippen LogP contribution in [0.2, 0.25) is 0 Å². The molecule has 2 aromatic rings. The van der Waals surface area contributed by atoms with Gasteiger partial charge in [0.2, 0.25) is 0 Å². The van der Waals surface area contributed by atoms with E-state index in [4.69, 9.17) is 0 Å². The Hall–Kier alpha value is -2.66. The van der Waals surface area contributed by atoms with E-state index in [-0.39, 0.29) is 18.4 Å². The molecule has 2 N–H and O–H groups in total. The molecule has 5 heteroatoms. The summed E-state index contributed by atoms with van der Waals surface area (Å²) < 4.78 is 0. The minimum Gasteiger partial charge on any atom is -0.343 e. The predicted octanol–water partition coefficient (Wildman–Crippen LogP) is 1.28. The molecule has 0 heterocycles. The maximum absolute atomic E-state index is 12.6. The van der Waals surface area contributed by atoms with Crippen molar-refractivity contribution < 1.29 is 14.5 Å². The number of carbonyl (C=O) groups is 2. The SMILES string of the molecule is Cc1ccc(NC(=O)C[NH+](C)[C@@H](C(=O)N(C)C)c2ccccc2)cc1. The van der Waals surface area contributed by atoms with Crippen molar-refractivity contribution in [2.75, 3.05) is 33.0 Å². The van der Waals surface area contributed by atoms with Gasteiger partial charge in [-0.1, -0.05) is 48.0 Å². The first kappa shape index (κ1) is 18.7. The highest BCUT2D eigenvalue weighted by Gasteiger charge is 2.31. The van der Waals surface area contributed by atoms with E-state index in [9.17, 15) is 9.59 Å². The zero-order valence-corrected chi connectivity index (χ0v) is 15.2. The summed E-state index contributed by atoms with van der Waals surface area (Å²) in [7, 11) is 5.34. The lowest BCUT2D eigenvalue weighted by atomic mass is 10.0. The molecule has 0 fully saturated rings. The quantitative estimate of drug-likeness (QED) is 0.832. The zero-order valence-electron chi connectivity index (χ0n) is 15.2. The molecule has 0 saturated carbocycles. The Labute approximate surface area is 149 Å². The number of amides is 2. The molecule has 2 atom stereocenters. The van der Waals surface area contributed by atoms with Gasteiger partial charge in [-0.05, 0) is 19.1 Å². The van der Waals surface area contributed by atoms with Gasteiger partial charge < -0.3 is 15.1 Å². The average Bonchev–Trinajstić information content (AvgIpc) is 2.58.